The van der Waals surface area contributed by atoms with Crippen LogP contribution >= 0.6 is 23.2 Å². The van der Waals surface area contributed by atoms with Gasteiger partial charge in [-0.3, -0.25) is 9.48 Å². The first-order chi connectivity index (χ1) is 13.5. The number of ketones is 1. The molecule has 2 aromatic heterocycles. The second-order valence-electron chi connectivity index (χ2n) is 6.30. The number of carbonyl (C=O) groups excluding carboxylic acids is 1. The summed E-state index contributed by atoms with van der Waals surface area (Å²) in [6.07, 6.45) is 3.21. The highest BCUT2D eigenvalue weighted by Gasteiger charge is 2.24. The zero-order chi connectivity index (χ0) is 19.8. The van der Waals surface area contributed by atoms with Crippen molar-refractivity contribution in [3.05, 3.63) is 70.4 Å². The van der Waals surface area contributed by atoms with Crippen molar-refractivity contribution in [3.8, 4) is 11.1 Å². The van der Waals surface area contributed by atoms with Gasteiger partial charge in [0.25, 0.3) is 0 Å². The van der Waals surface area contributed by atoms with Gasteiger partial charge in [0.2, 0.25) is 5.78 Å². The molecule has 0 bridgehead atoms. The average molecular weight is 415 g/mol. The van der Waals surface area contributed by atoms with Crippen LogP contribution in [-0.4, -0.2) is 36.8 Å². The molecule has 0 aliphatic rings. The van der Waals surface area contributed by atoms with Crippen LogP contribution in [0.3, 0.4) is 0 Å². The van der Waals surface area contributed by atoms with Crippen molar-refractivity contribution in [3.63, 3.8) is 0 Å². The van der Waals surface area contributed by atoms with Crippen molar-refractivity contribution < 1.29 is 9.90 Å². The molecule has 0 saturated heterocycles. The van der Waals surface area contributed by atoms with E-state index in [0.717, 1.165) is 11.1 Å². The lowest BCUT2D eigenvalue weighted by atomic mass is 10.0. The molecule has 4 aromatic rings. The maximum absolute atomic E-state index is 13.2. The molecule has 0 saturated carbocycles. The highest BCUT2D eigenvalue weighted by atomic mass is 35.5. The molecule has 8 heteroatoms. The van der Waals surface area contributed by atoms with E-state index < -0.39 is 0 Å². The Morgan fingerprint density at radius 1 is 1.18 bits per heavy atom. The summed E-state index contributed by atoms with van der Waals surface area (Å²) in [6, 6.07) is 10.9. The van der Waals surface area contributed by atoms with Gasteiger partial charge < -0.3 is 9.67 Å². The predicted molar refractivity (Wildman–Crippen MR) is 109 cm³/mol. The lowest BCUT2D eigenvalue weighted by molar-refractivity contribution is 0.101. The summed E-state index contributed by atoms with van der Waals surface area (Å²) < 4.78 is 3.18. The van der Waals surface area contributed by atoms with Gasteiger partial charge in [0, 0.05) is 52.5 Å². The number of aliphatic hydroxyl groups is 1. The third-order valence-corrected chi connectivity index (χ3v) is 5.11. The molecule has 2 heterocycles. The highest BCUT2D eigenvalue weighted by molar-refractivity contribution is 6.36. The Kier molecular flexibility index (Phi) is 4.93. The number of benzene rings is 2. The minimum Gasteiger partial charge on any atom is -0.395 e. The van der Waals surface area contributed by atoms with Gasteiger partial charge in [-0.05, 0) is 12.1 Å². The first-order valence-electron chi connectivity index (χ1n) is 8.59. The number of hydrogen-bond acceptors (Lipinski definition) is 4. The Labute approximate surface area is 170 Å². The number of fused-ring (bicyclic) bond motifs is 1. The zero-order valence-electron chi connectivity index (χ0n) is 14.9. The van der Waals surface area contributed by atoms with Crippen molar-refractivity contribution >= 4 is 39.9 Å². The third-order valence-electron chi connectivity index (χ3n) is 4.56. The standard InChI is InChI=1S/C20H16Cl2N4O2/c1-25-18(19(28)20-23-7-8-26(20)9-10-27)15-4-2-3-14(17(15)24-25)13-6-5-12(21)11-16(13)22/h2-8,11,27H,9-10H2,1H3. The zero-order valence-corrected chi connectivity index (χ0v) is 16.4. The Bertz CT molecular complexity index is 1200. The molecule has 6 nitrogen and oxygen atoms in total. The lowest BCUT2D eigenvalue weighted by Gasteiger charge is -2.07. The van der Waals surface area contributed by atoms with E-state index in [1.807, 2.05) is 24.3 Å². The molecule has 28 heavy (non-hydrogen) atoms. The number of aromatic nitrogens is 4. The Hall–Kier alpha value is -2.67. The van der Waals surface area contributed by atoms with E-state index in [1.165, 1.54) is 0 Å². The fraction of sp³-hybridized carbons (Fsp3) is 0.150. The first-order valence-corrected chi connectivity index (χ1v) is 9.34. The van der Waals surface area contributed by atoms with Crippen LogP contribution in [-0.2, 0) is 13.6 Å². The second-order valence-corrected chi connectivity index (χ2v) is 7.14. The molecule has 0 aliphatic carbocycles. The van der Waals surface area contributed by atoms with E-state index in [9.17, 15) is 9.90 Å². The Morgan fingerprint density at radius 3 is 2.75 bits per heavy atom. The maximum atomic E-state index is 13.2. The topological polar surface area (TPSA) is 72.9 Å². The fourth-order valence-electron chi connectivity index (χ4n) is 3.32. The Morgan fingerprint density at radius 2 is 2.00 bits per heavy atom. The number of aliphatic hydroxyl groups excluding tert-OH is 1. The van der Waals surface area contributed by atoms with Crippen molar-refractivity contribution in [1.29, 1.82) is 0 Å². The molecule has 0 radical (unpaired) electrons. The van der Waals surface area contributed by atoms with E-state index >= 15 is 0 Å². The number of carbonyl (C=O) groups is 1. The van der Waals surface area contributed by atoms with Gasteiger partial charge in [0.05, 0.1) is 6.61 Å². The van der Waals surface area contributed by atoms with Crippen molar-refractivity contribution in [2.75, 3.05) is 6.61 Å². The molecule has 0 spiro atoms. The van der Waals surface area contributed by atoms with Crippen LogP contribution in [0, 0.1) is 0 Å². The number of aryl methyl sites for hydroxylation is 1. The monoisotopic (exact) mass is 414 g/mol. The summed E-state index contributed by atoms with van der Waals surface area (Å²) in [6.45, 7) is 0.213. The quantitative estimate of drug-likeness (QED) is 0.501. The van der Waals surface area contributed by atoms with Crippen molar-refractivity contribution in [1.82, 2.24) is 19.3 Å². The van der Waals surface area contributed by atoms with Crippen LogP contribution in [0.5, 0.6) is 0 Å². The first kappa shape index (κ1) is 18.7. The molecule has 0 unspecified atom stereocenters. The van der Waals surface area contributed by atoms with E-state index in [0.29, 0.717) is 33.2 Å². The van der Waals surface area contributed by atoms with Crippen LogP contribution < -0.4 is 0 Å². The number of hydrogen-bond donors (Lipinski definition) is 1. The summed E-state index contributed by atoms with van der Waals surface area (Å²) in [5.41, 5.74) is 2.69. The molecular weight excluding hydrogens is 399 g/mol. The van der Waals surface area contributed by atoms with Crippen LogP contribution in [0.25, 0.3) is 22.0 Å². The molecule has 4 rings (SSSR count). The fourth-order valence-corrected chi connectivity index (χ4v) is 3.83. The van der Waals surface area contributed by atoms with Gasteiger partial charge in [0.1, 0.15) is 11.2 Å². The molecular formula is C20H16Cl2N4O2. The summed E-state index contributed by atoms with van der Waals surface area (Å²) in [4.78, 5) is 17.4. The van der Waals surface area contributed by atoms with Crippen molar-refractivity contribution in [2.24, 2.45) is 7.05 Å². The second kappa shape index (κ2) is 7.39. The van der Waals surface area contributed by atoms with E-state index in [4.69, 9.17) is 23.2 Å². The van der Waals surface area contributed by atoms with Crippen LogP contribution in [0.2, 0.25) is 10.0 Å². The highest BCUT2D eigenvalue weighted by Crippen LogP contribution is 2.35. The minimum absolute atomic E-state index is 0.0814. The van der Waals surface area contributed by atoms with E-state index in [2.05, 4.69) is 10.1 Å². The number of imidazole rings is 1. The molecule has 142 valence electrons. The summed E-state index contributed by atoms with van der Waals surface area (Å²) in [5, 5.41) is 15.6. The summed E-state index contributed by atoms with van der Waals surface area (Å²) >= 11 is 12.4. The predicted octanol–water partition coefficient (Wildman–Crippen LogP) is 3.97. The van der Waals surface area contributed by atoms with Gasteiger partial charge in [-0.15, -0.1) is 0 Å². The number of nitrogens with zero attached hydrogens (tertiary/aromatic N) is 4. The normalized spacial score (nSPS) is 11.3. The summed E-state index contributed by atoms with van der Waals surface area (Å²) in [7, 11) is 1.72. The van der Waals surface area contributed by atoms with E-state index in [-0.39, 0.29) is 18.2 Å². The molecule has 2 aromatic carbocycles. The largest absolute Gasteiger partial charge is 0.395 e. The molecule has 0 amide bonds. The molecule has 0 atom stereocenters. The van der Waals surface area contributed by atoms with Gasteiger partial charge in [-0.2, -0.15) is 5.10 Å². The SMILES string of the molecule is Cn1nc2c(-c3ccc(Cl)cc3Cl)cccc2c1C(=O)c1nccn1CCO. The average Bonchev–Trinajstić information content (AvgIpc) is 3.25. The van der Waals surface area contributed by atoms with E-state index in [1.54, 1.807) is 40.8 Å². The lowest BCUT2D eigenvalue weighted by Crippen LogP contribution is -2.16. The molecule has 1 N–H and O–H groups in total. The number of halogens is 2. The maximum Gasteiger partial charge on any atom is 0.247 e. The smallest absolute Gasteiger partial charge is 0.247 e. The molecule has 0 aliphatic heterocycles. The van der Waals surface area contributed by atoms with Crippen molar-refractivity contribution in [2.45, 2.75) is 6.54 Å². The van der Waals surface area contributed by atoms with Crippen LogP contribution in [0.1, 0.15) is 16.3 Å². The van der Waals surface area contributed by atoms with Crippen LogP contribution in [0.4, 0.5) is 0 Å². The molecule has 0 fully saturated rings. The van der Waals surface area contributed by atoms with Crippen LogP contribution in [0.15, 0.2) is 48.8 Å². The van der Waals surface area contributed by atoms with Gasteiger partial charge in [0.15, 0.2) is 5.82 Å². The summed E-state index contributed by atoms with van der Waals surface area (Å²) in [5.74, 6) is -0.00307. The minimum atomic E-state index is -0.261. The van der Waals surface area contributed by atoms with Gasteiger partial charge in [-0.25, -0.2) is 4.98 Å². The third kappa shape index (κ3) is 3.09. The Balaban J connectivity index is 1.89. The van der Waals surface area contributed by atoms with Gasteiger partial charge >= 0.3 is 0 Å². The van der Waals surface area contributed by atoms with Gasteiger partial charge in [-0.1, -0.05) is 47.5 Å². The number of rotatable bonds is 5.